The van der Waals surface area contributed by atoms with Gasteiger partial charge in [0.15, 0.2) is 4.90 Å². The van der Waals surface area contributed by atoms with Gasteiger partial charge in [-0.1, -0.05) is 0 Å². The number of nitro groups is 1. The summed E-state index contributed by atoms with van der Waals surface area (Å²) < 4.78 is 26.7. The van der Waals surface area contributed by atoms with Crippen molar-refractivity contribution in [2.45, 2.75) is 4.90 Å². The number of aromatic nitrogens is 1. The molecule has 0 unspecified atom stereocenters. The average Bonchev–Trinajstić information content (AvgIpc) is 2.47. The third kappa shape index (κ3) is 3.24. The lowest BCUT2D eigenvalue weighted by Crippen LogP contribution is -2.15. The number of hydrogen-bond donors (Lipinski definition) is 3. The molecule has 1 aromatic carbocycles. The van der Waals surface area contributed by atoms with Crippen LogP contribution in [0.1, 0.15) is 0 Å². The number of nitrogens with one attached hydrogen (secondary N) is 2. The van der Waals surface area contributed by atoms with E-state index in [1.165, 1.54) is 30.6 Å². The standard InChI is InChI=1S/C11H11N5O4S/c12-14-8-3-4-11(10(6-8)16(17)18)21(19,20)15-9-2-1-5-13-7-9/h1-7,14-15H,12H2. The maximum atomic E-state index is 12.2. The molecule has 0 aliphatic carbocycles. The highest BCUT2D eigenvalue weighted by atomic mass is 32.2. The molecule has 0 aliphatic heterocycles. The molecule has 9 nitrogen and oxygen atoms in total. The second-order valence-electron chi connectivity index (χ2n) is 3.93. The van der Waals surface area contributed by atoms with E-state index in [0.717, 1.165) is 12.1 Å². The lowest BCUT2D eigenvalue weighted by molar-refractivity contribution is -0.387. The van der Waals surface area contributed by atoms with Crippen molar-refractivity contribution in [2.75, 3.05) is 10.1 Å². The minimum atomic E-state index is -4.11. The molecule has 4 N–H and O–H groups in total. The molecule has 0 radical (unpaired) electrons. The van der Waals surface area contributed by atoms with Gasteiger partial charge in [-0.15, -0.1) is 0 Å². The highest BCUT2D eigenvalue weighted by Gasteiger charge is 2.26. The third-order valence-electron chi connectivity index (χ3n) is 2.53. The van der Waals surface area contributed by atoms with Gasteiger partial charge in [0.05, 0.1) is 22.5 Å². The molecule has 0 aliphatic rings. The Bertz CT molecular complexity index is 763. The molecule has 0 bridgehead atoms. The first-order valence-corrected chi connectivity index (χ1v) is 7.10. The van der Waals surface area contributed by atoms with Gasteiger partial charge in [0, 0.05) is 12.3 Å². The van der Waals surface area contributed by atoms with Crippen LogP contribution in [0.5, 0.6) is 0 Å². The molecular formula is C11H11N5O4S. The zero-order chi connectivity index (χ0) is 15.5. The zero-order valence-electron chi connectivity index (χ0n) is 10.6. The fourth-order valence-corrected chi connectivity index (χ4v) is 2.81. The van der Waals surface area contributed by atoms with Crippen LogP contribution in [0.15, 0.2) is 47.6 Å². The van der Waals surface area contributed by atoms with Crippen molar-refractivity contribution < 1.29 is 13.3 Å². The van der Waals surface area contributed by atoms with Gasteiger partial charge in [-0.3, -0.25) is 25.7 Å². The van der Waals surface area contributed by atoms with Crippen molar-refractivity contribution in [1.29, 1.82) is 0 Å². The summed E-state index contributed by atoms with van der Waals surface area (Å²) in [7, 11) is -4.11. The lowest BCUT2D eigenvalue weighted by Gasteiger charge is -2.09. The van der Waals surface area contributed by atoms with Crippen molar-refractivity contribution in [3.05, 3.63) is 52.8 Å². The molecular weight excluding hydrogens is 298 g/mol. The maximum Gasteiger partial charge on any atom is 0.291 e. The van der Waals surface area contributed by atoms with E-state index in [0.29, 0.717) is 0 Å². The monoisotopic (exact) mass is 309 g/mol. The number of hydrogen-bond acceptors (Lipinski definition) is 7. The van der Waals surface area contributed by atoms with Crippen molar-refractivity contribution in [2.24, 2.45) is 5.84 Å². The molecule has 0 saturated heterocycles. The normalized spacial score (nSPS) is 10.9. The highest BCUT2D eigenvalue weighted by Crippen LogP contribution is 2.28. The van der Waals surface area contributed by atoms with Crippen molar-refractivity contribution in [3.63, 3.8) is 0 Å². The Morgan fingerprint density at radius 3 is 2.57 bits per heavy atom. The van der Waals surface area contributed by atoms with Gasteiger partial charge in [-0.2, -0.15) is 0 Å². The number of pyridine rings is 1. The molecule has 0 amide bonds. The summed E-state index contributed by atoms with van der Waals surface area (Å²) in [5.41, 5.74) is 2.07. The predicted molar refractivity (Wildman–Crippen MR) is 76.0 cm³/mol. The molecule has 21 heavy (non-hydrogen) atoms. The number of nitro benzene ring substituents is 1. The number of rotatable bonds is 5. The molecule has 0 atom stereocenters. The number of hydrazine groups is 1. The predicted octanol–water partition coefficient (Wildman–Crippen LogP) is 1.08. The number of nitrogens with zero attached hydrogens (tertiary/aromatic N) is 2. The molecule has 0 spiro atoms. The number of anilines is 2. The Balaban J connectivity index is 2.47. The van der Waals surface area contributed by atoms with Gasteiger partial charge < -0.3 is 5.43 Å². The van der Waals surface area contributed by atoms with E-state index in [4.69, 9.17) is 5.84 Å². The number of sulfonamides is 1. The smallest absolute Gasteiger partial charge is 0.291 e. The van der Waals surface area contributed by atoms with Gasteiger partial charge in [0.2, 0.25) is 0 Å². The van der Waals surface area contributed by atoms with Crippen LogP contribution in [0.2, 0.25) is 0 Å². The van der Waals surface area contributed by atoms with Gasteiger partial charge >= 0.3 is 0 Å². The molecule has 2 aromatic rings. The fraction of sp³-hybridized carbons (Fsp3) is 0. The molecule has 2 rings (SSSR count). The van der Waals surface area contributed by atoms with Gasteiger partial charge in [-0.05, 0) is 24.3 Å². The number of benzene rings is 1. The van der Waals surface area contributed by atoms with Crippen molar-refractivity contribution >= 4 is 27.1 Å². The Kier molecular flexibility index (Phi) is 4.00. The quantitative estimate of drug-likeness (QED) is 0.426. The third-order valence-corrected chi connectivity index (χ3v) is 3.95. The Morgan fingerprint density at radius 2 is 2.00 bits per heavy atom. The van der Waals surface area contributed by atoms with Crippen LogP contribution in [0.3, 0.4) is 0 Å². The van der Waals surface area contributed by atoms with Crippen LogP contribution in [0.4, 0.5) is 17.1 Å². The first-order chi connectivity index (χ1) is 9.94. The van der Waals surface area contributed by atoms with Crippen LogP contribution in [-0.2, 0) is 10.0 Å². The van der Waals surface area contributed by atoms with Crippen molar-refractivity contribution in [3.8, 4) is 0 Å². The van der Waals surface area contributed by atoms with Crippen molar-refractivity contribution in [1.82, 2.24) is 4.98 Å². The lowest BCUT2D eigenvalue weighted by atomic mass is 10.3. The summed E-state index contributed by atoms with van der Waals surface area (Å²) in [6.07, 6.45) is 2.77. The van der Waals surface area contributed by atoms with Crippen LogP contribution in [0.25, 0.3) is 0 Å². The number of nitrogens with two attached hydrogens (primary N) is 1. The van der Waals surface area contributed by atoms with E-state index >= 15 is 0 Å². The minimum absolute atomic E-state index is 0.202. The molecule has 10 heteroatoms. The molecule has 1 heterocycles. The van der Waals surface area contributed by atoms with E-state index in [-0.39, 0.29) is 11.4 Å². The van der Waals surface area contributed by atoms with Gasteiger partial charge in [-0.25, -0.2) is 8.42 Å². The van der Waals surface area contributed by atoms with Crippen LogP contribution < -0.4 is 16.0 Å². The first-order valence-electron chi connectivity index (χ1n) is 5.62. The Hall–Kier alpha value is -2.72. The Morgan fingerprint density at radius 1 is 1.24 bits per heavy atom. The molecule has 0 fully saturated rings. The number of nitrogen functional groups attached to an aromatic ring is 1. The molecule has 0 saturated carbocycles. The summed E-state index contributed by atoms with van der Waals surface area (Å²) in [6, 6.07) is 6.48. The SMILES string of the molecule is NNc1ccc(S(=O)(=O)Nc2cccnc2)c([N+](=O)[O-])c1. The average molecular weight is 309 g/mol. The second-order valence-corrected chi connectivity index (χ2v) is 5.58. The van der Waals surface area contributed by atoms with E-state index in [9.17, 15) is 18.5 Å². The molecule has 110 valence electrons. The molecule has 1 aromatic heterocycles. The van der Waals surface area contributed by atoms with Crippen LogP contribution >= 0.6 is 0 Å². The largest absolute Gasteiger partial charge is 0.324 e. The summed E-state index contributed by atoms with van der Waals surface area (Å²) in [4.78, 5) is 13.5. The Labute approximate surface area is 120 Å². The van der Waals surface area contributed by atoms with E-state index in [1.807, 2.05) is 0 Å². The topological polar surface area (TPSA) is 140 Å². The second kappa shape index (κ2) is 5.73. The van der Waals surface area contributed by atoms with Crippen LogP contribution in [0, 0.1) is 10.1 Å². The van der Waals surface area contributed by atoms with Gasteiger partial charge in [0.25, 0.3) is 15.7 Å². The van der Waals surface area contributed by atoms with E-state index in [1.54, 1.807) is 0 Å². The summed E-state index contributed by atoms with van der Waals surface area (Å²) >= 11 is 0. The van der Waals surface area contributed by atoms with Crippen LogP contribution in [-0.4, -0.2) is 18.3 Å². The van der Waals surface area contributed by atoms with E-state index in [2.05, 4.69) is 15.1 Å². The highest BCUT2D eigenvalue weighted by molar-refractivity contribution is 7.92. The first kappa shape index (κ1) is 14.7. The summed E-state index contributed by atoms with van der Waals surface area (Å²) in [5.74, 6) is 5.16. The minimum Gasteiger partial charge on any atom is -0.324 e. The zero-order valence-corrected chi connectivity index (χ0v) is 11.4. The summed E-state index contributed by atoms with van der Waals surface area (Å²) in [6.45, 7) is 0. The van der Waals surface area contributed by atoms with E-state index < -0.39 is 25.5 Å². The maximum absolute atomic E-state index is 12.2. The van der Waals surface area contributed by atoms with Gasteiger partial charge in [0.1, 0.15) is 0 Å². The summed E-state index contributed by atoms with van der Waals surface area (Å²) in [5, 5.41) is 11.0. The fourth-order valence-electron chi connectivity index (χ4n) is 1.61.